The van der Waals surface area contributed by atoms with Crippen LogP contribution in [0.3, 0.4) is 0 Å². The normalized spacial score (nSPS) is 13.0. The molecule has 0 saturated heterocycles. The molecule has 1 rings (SSSR count). The third kappa shape index (κ3) is 3.55. The van der Waals surface area contributed by atoms with Crippen molar-refractivity contribution in [3.8, 4) is 0 Å². The Labute approximate surface area is 86.4 Å². The molecule has 14 heavy (non-hydrogen) atoms. The van der Waals surface area contributed by atoms with Gasteiger partial charge < -0.3 is 5.32 Å². The molecule has 1 aromatic rings. The summed E-state index contributed by atoms with van der Waals surface area (Å²) >= 11 is 0. The van der Waals surface area contributed by atoms with Gasteiger partial charge in [0.15, 0.2) is 0 Å². The van der Waals surface area contributed by atoms with Crippen molar-refractivity contribution in [2.75, 3.05) is 18.1 Å². The summed E-state index contributed by atoms with van der Waals surface area (Å²) in [4.78, 5) is 4.07. The van der Waals surface area contributed by atoms with Crippen LogP contribution in [0.2, 0.25) is 0 Å². The Bertz CT molecular complexity index is 299. The number of aromatic nitrogens is 3. The quantitative estimate of drug-likeness (QED) is 0.662. The lowest BCUT2D eigenvalue weighted by atomic mass is 10.5. The molecule has 1 aromatic heterocycles. The fourth-order valence-corrected chi connectivity index (χ4v) is 1.67. The Balaban J connectivity index is 2.16. The molecule has 1 N–H and O–H groups in total. The molecule has 1 unspecified atom stereocenters. The van der Waals surface area contributed by atoms with Gasteiger partial charge >= 0.3 is 0 Å². The molecule has 0 bridgehead atoms. The van der Waals surface area contributed by atoms with Crippen LogP contribution in [0.15, 0.2) is 6.33 Å². The SMILES string of the molecule is CCS(=O)CCNCc1ncnn1C. The van der Waals surface area contributed by atoms with E-state index in [-0.39, 0.29) is 0 Å². The molecule has 0 aliphatic heterocycles. The molecule has 5 nitrogen and oxygen atoms in total. The van der Waals surface area contributed by atoms with Gasteiger partial charge in [-0.25, -0.2) is 4.98 Å². The van der Waals surface area contributed by atoms with Crippen molar-refractivity contribution in [1.29, 1.82) is 0 Å². The second kappa shape index (κ2) is 5.87. The van der Waals surface area contributed by atoms with Gasteiger partial charge in [-0.05, 0) is 0 Å². The van der Waals surface area contributed by atoms with E-state index in [2.05, 4.69) is 15.4 Å². The van der Waals surface area contributed by atoms with Gasteiger partial charge in [0.1, 0.15) is 12.2 Å². The minimum absolute atomic E-state index is 0.678. The smallest absolute Gasteiger partial charge is 0.140 e. The maximum absolute atomic E-state index is 11.1. The molecule has 0 radical (unpaired) electrons. The average molecular weight is 216 g/mol. The maximum Gasteiger partial charge on any atom is 0.140 e. The molecule has 0 spiro atoms. The number of aryl methyl sites for hydroxylation is 1. The summed E-state index contributed by atoms with van der Waals surface area (Å²) in [6, 6.07) is 0. The third-order valence-corrected chi connectivity index (χ3v) is 3.22. The van der Waals surface area contributed by atoms with Gasteiger partial charge in [0, 0.05) is 35.9 Å². The van der Waals surface area contributed by atoms with Crippen molar-refractivity contribution < 1.29 is 4.21 Å². The molecule has 0 aliphatic rings. The highest BCUT2D eigenvalue weighted by atomic mass is 32.2. The Morgan fingerprint density at radius 3 is 3.00 bits per heavy atom. The highest BCUT2D eigenvalue weighted by molar-refractivity contribution is 7.84. The van der Waals surface area contributed by atoms with E-state index in [1.807, 2.05) is 14.0 Å². The number of hydrogen-bond donors (Lipinski definition) is 1. The van der Waals surface area contributed by atoms with Crippen LogP contribution in [0.25, 0.3) is 0 Å². The van der Waals surface area contributed by atoms with Crippen LogP contribution in [-0.4, -0.2) is 37.0 Å². The number of rotatable bonds is 6. The van der Waals surface area contributed by atoms with Crippen LogP contribution in [0.1, 0.15) is 12.7 Å². The zero-order chi connectivity index (χ0) is 10.4. The van der Waals surface area contributed by atoms with Crippen molar-refractivity contribution in [3.63, 3.8) is 0 Å². The summed E-state index contributed by atoms with van der Waals surface area (Å²) in [7, 11) is 1.17. The molecule has 80 valence electrons. The molecule has 1 atom stereocenters. The van der Waals surface area contributed by atoms with Crippen LogP contribution in [0.5, 0.6) is 0 Å². The fraction of sp³-hybridized carbons (Fsp3) is 0.750. The zero-order valence-electron chi connectivity index (χ0n) is 8.56. The largest absolute Gasteiger partial charge is 0.309 e. The summed E-state index contributed by atoms with van der Waals surface area (Å²) in [6.07, 6.45) is 1.53. The summed E-state index contributed by atoms with van der Waals surface area (Å²) < 4.78 is 12.8. The van der Waals surface area contributed by atoms with E-state index < -0.39 is 10.8 Å². The maximum atomic E-state index is 11.1. The molecular weight excluding hydrogens is 200 g/mol. The minimum Gasteiger partial charge on any atom is -0.309 e. The van der Waals surface area contributed by atoms with Crippen molar-refractivity contribution >= 4 is 10.8 Å². The lowest BCUT2D eigenvalue weighted by Gasteiger charge is -2.02. The Morgan fingerprint density at radius 2 is 2.43 bits per heavy atom. The first-order valence-electron chi connectivity index (χ1n) is 4.62. The molecule has 0 fully saturated rings. The molecule has 0 aliphatic carbocycles. The fourth-order valence-electron chi connectivity index (χ4n) is 1.01. The lowest BCUT2D eigenvalue weighted by Crippen LogP contribution is -2.22. The Kier molecular flexibility index (Phi) is 4.75. The van der Waals surface area contributed by atoms with Crippen molar-refractivity contribution in [3.05, 3.63) is 12.2 Å². The summed E-state index contributed by atoms with van der Waals surface area (Å²) in [6.45, 7) is 3.36. The van der Waals surface area contributed by atoms with Gasteiger partial charge in [0.25, 0.3) is 0 Å². The first-order chi connectivity index (χ1) is 6.74. The van der Waals surface area contributed by atoms with Crippen molar-refractivity contribution in [2.24, 2.45) is 7.05 Å². The molecule has 0 amide bonds. The monoisotopic (exact) mass is 216 g/mol. The van der Waals surface area contributed by atoms with Crippen molar-refractivity contribution in [1.82, 2.24) is 20.1 Å². The first-order valence-corrected chi connectivity index (χ1v) is 6.11. The van der Waals surface area contributed by atoms with E-state index in [0.29, 0.717) is 12.3 Å². The average Bonchev–Trinajstić information content (AvgIpc) is 2.58. The predicted molar refractivity (Wildman–Crippen MR) is 56.3 cm³/mol. The van der Waals surface area contributed by atoms with Gasteiger partial charge in [0.05, 0.1) is 6.54 Å². The number of nitrogens with one attached hydrogen (secondary N) is 1. The van der Waals surface area contributed by atoms with Crippen LogP contribution in [-0.2, 0) is 24.4 Å². The van der Waals surface area contributed by atoms with Gasteiger partial charge in [-0.3, -0.25) is 8.89 Å². The lowest BCUT2D eigenvalue weighted by molar-refractivity contribution is 0.627. The van der Waals surface area contributed by atoms with Gasteiger partial charge in [-0.1, -0.05) is 6.92 Å². The van der Waals surface area contributed by atoms with Crippen LogP contribution < -0.4 is 5.32 Å². The molecule has 0 saturated carbocycles. The summed E-state index contributed by atoms with van der Waals surface area (Å²) in [5.74, 6) is 2.33. The topological polar surface area (TPSA) is 59.8 Å². The van der Waals surface area contributed by atoms with E-state index >= 15 is 0 Å². The predicted octanol–water partition coefficient (Wildman–Crippen LogP) is -0.327. The first kappa shape index (κ1) is 11.3. The molecule has 6 heteroatoms. The van der Waals surface area contributed by atoms with E-state index in [0.717, 1.165) is 18.1 Å². The van der Waals surface area contributed by atoms with Gasteiger partial charge in [0.2, 0.25) is 0 Å². The van der Waals surface area contributed by atoms with Crippen LogP contribution in [0.4, 0.5) is 0 Å². The Hall–Kier alpha value is -0.750. The molecule has 1 heterocycles. The van der Waals surface area contributed by atoms with Crippen molar-refractivity contribution in [2.45, 2.75) is 13.5 Å². The van der Waals surface area contributed by atoms with Gasteiger partial charge in [-0.15, -0.1) is 0 Å². The van der Waals surface area contributed by atoms with E-state index in [9.17, 15) is 4.21 Å². The molecular formula is C8H16N4OS. The highest BCUT2D eigenvalue weighted by Gasteiger charge is 1.99. The van der Waals surface area contributed by atoms with Gasteiger partial charge in [-0.2, -0.15) is 5.10 Å². The standard InChI is InChI=1S/C8H16N4OS/c1-3-14(13)5-4-9-6-8-10-7-11-12(8)2/h7,9H,3-6H2,1-2H3. The van der Waals surface area contributed by atoms with E-state index in [1.54, 1.807) is 4.68 Å². The second-order valence-corrected chi connectivity index (χ2v) is 4.77. The third-order valence-electron chi connectivity index (χ3n) is 1.92. The Morgan fingerprint density at radius 1 is 1.64 bits per heavy atom. The zero-order valence-corrected chi connectivity index (χ0v) is 9.38. The van der Waals surface area contributed by atoms with E-state index in [1.165, 1.54) is 6.33 Å². The highest BCUT2D eigenvalue weighted by Crippen LogP contribution is 1.88. The van der Waals surface area contributed by atoms with Crippen LogP contribution in [0, 0.1) is 0 Å². The summed E-state index contributed by atoms with van der Waals surface area (Å²) in [5, 5.41) is 7.13. The minimum atomic E-state index is -0.686. The number of nitrogens with zero attached hydrogens (tertiary/aromatic N) is 3. The van der Waals surface area contributed by atoms with Crippen LogP contribution >= 0.6 is 0 Å². The second-order valence-electron chi connectivity index (χ2n) is 2.91. The van der Waals surface area contributed by atoms with E-state index in [4.69, 9.17) is 0 Å². The number of hydrogen-bond acceptors (Lipinski definition) is 4. The summed E-state index contributed by atoms with van der Waals surface area (Å²) in [5.41, 5.74) is 0. The molecule has 0 aromatic carbocycles.